The summed E-state index contributed by atoms with van der Waals surface area (Å²) >= 11 is 0. The molecule has 18 heteroatoms. The fourth-order valence-corrected chi connectivity index (χ4v) is 6.57. The van der Waals surface area contributed by atoms with Gasteiger partial charge in [-0.25, -0.2) is 4.79 Å². The van der Waals surface area contributed by atoms with Gasteiger partial charge in [-0.2, -0.15) is 0 Å². The average Bonchev–Trinajstić information content (AvgIpc) is 3.44. The predicted octanol–water partition coefficient (Wildman–Crippen LogP) is 2.28. The molecule has 1 aliphatic carbocycles. The van der Waals surface area contributed by atoms with Crippen molar-refractivity contribution in [3.63, 3.8) is 0 Å². The minimum Gasteiger partial charge on any atom is -0.463 e. The summed E-state index contributed by atoms with van der Waals surface area (Å²) in [6, 6.07) is 15.7. The molecule has 0 bridgehead atoms. The lowest BCUT2D eigenvalue weighted by molar-refractivity contribution is -0.257. The van der Waals surface area contributed by atoms with Gasteiger partial charge in [-0.15, -0.1) is 0 Å². The van der Waals surface area contributed by atoms with Crippen molar-refractivity contribution in [1.82, 2.24) is 15.5 Å². The van der Waals surface area contributed by atoms with Gasteiger partial charge in [0.25, 0.3) is 0 Å². The van der Waals surface area contributed by atoms with Crippen LogP contribution in [0.4, 0.5) is 4.79 Å². The Morgan fingerprint density at radius 1 is 0.707 bits per heavy atom. The lowest BCUT2D eigenvalue weighted by atomic mass is 9.97. The van der Waals surface area contributed by atoms with E-state index >= 15 is 0 Å². The molecule has 58 heavy (non-hydrogen) atoms. The molecule has 1 saturated heterocycles. The van der Waals surface area contributed by atoms with E-state index in [4.69, 9.17) is 33.2 Å². The fourth-order valence-electron chi connectivity index (χ4n) is 6.57. The zero-order valence-corrected chi connectivity index (χ0v) is 33.4. The third-order valence-corrected chi connectivity index (χ3v) is 8.69. The first-order chi connectivity index (χ1) is 27.3. The second-order valence-corrected chi connectivity index (χ2v) is 14.5. The Bertz CT molecular complexity index is 1830. The molecule has 2 aromatic carbocycles. The topological polar surface area (TPSA) is 228 Å². The van der Waals surface area contributed by atoms with E-state index < -0.39 is 104 Å². The Balaban J connectivity index is 1.45. The van der Waals surface area contributed by atoms with Crippen LogP contribution in [0.15, 0.2) is 48.5 Å². The van der Waals surface area contributed by atoms with Gasteiger partial charge < -0.3 is 48.7 Å². The van der Waals surface area contributed by atoms with E-state index in [1.54, 1.807) is 20.8 Å². The highest BCUT2D eigenvalue weighted by atomic mass is 16.7. The number of nitrogens with zero attached hydrogens (tertiary/aromatic N) is 1. The van der Waals surface area contributed by atoms with Gasteiger partial charge in [0.15, 0.2) is 24.5 Å². The zero-order chi connectivity index (χ0) is 42.7. The molecule has 0 saturated carbocycles. The molecule has 314 valence electrons. The van der Waals surface area contributed by atoms with Crippen LogP contribution in [0, 0.1) is 0 Å². The monoisotopic (exact) mass is 811 g/mol. The van der Waals surface area contributed by atoms with E-state index in [0.717, 1.165) is 54.8 Å². The van der Waals surface area contributed by atoms with Gasteiger partial charge in [-0.3, -0.25) is 33.6 Å². The van der Waals surface area contributed by atoms with Crippen LogP contribution >= 0.6 is 0 Å². The molecule has 2 aliphatic rings. The second kappa shape index (κ2) is 19.9. The minimum absolute atomic E-state index is 0.0415. The molecule has 5 atom stereocenters. The van der Waals surface area contributed by atoms with Gasteiger partial charge in [-0.1, -0.05) is 48.5 Å². The number of benzene rings is 2. The Kier molecular flexibility index (Phi) is 15.3. The number of fused-ring (bicyclic) bond motifs is 3. The van der Waals surface area contributed by atoms with Crippen molar-refractivity contribution in [3.8, 4) is 11.1 Å². The van der Waals surface area contributed by atoms with Crippen LogP contribution in [0.1, 0.15) is 71.9 Å². The molecule has 0 aromatic heterocycles. The average molecular weight is 812 g/mol. The Morgan fingerprint density at radius 2 is 1.26 bits per heavy atom. The van der Waals surface area contributed by atoms with Crippen molar-refractivity contribution in [2.75, 3.05) is 32.8 Å². The Labute approximate surface area is 335 Å². The standard InChI is InChI=1S/C40H49N3O15/c1-22(44)52-21-31-35(54-23(2)45)36(55-24(3)46)37(56-25(4)47)38(57-31)42-32(48)18-33(49)43(19-34(50)58-40(5,6)7)17-16-41-39(51)53-20-30-28-14-10-8-12-26(28)27-13-9-11-15-29(27)30/h8-15,30-31,35-38H,16-21H2,1-7H3,(H,41,51)(H,42,48)/t31-,35+,36+,37-,38-/m1/s1. The number of esters is 5. The molecule has 0 spiro atoms. The smallest absolute Gasteiger partial charge is 0.407 e. The molecule has 4 rings (SSSR count). The van der Waals surface area contributed by atoms with Crippen molar-refractivity contribution in [1.29, 1.82) is 0 Å². The molecule has 18 nitrogen and oxygen atoms in total. The van der Waals surface area contributed by atoms with Crippen LogP contribution in [0.2, 0.25) is 0 Å². The summed E-state index contributed by atoms with van der Waals surface area (Å²) in [4.78, 5) is 102. The van der Waals surface area contributed by atoms with Crippen molar-refractivity contribution in [2.24, 2.45) is 0 Å². The fraction of sp³-hybridized carbons (Fsp3) is 0.500. The Morgan fingerprint density at radius 3 is 1.81 bits per heavy atom. The van der Waals surface area contributed by atoms with Crippen LogP contribution in [0.25, 0.3) is 11.1 Å². The number of ether oxygens (including phenoxy) is 7. The summed E-state index contributed by atoms with van der Waals surface area (Å²) in [5.74, 6) is -6.20. The minimum atomic E-state index is -1.63. The molecule has 2 N–H and O–H groups in total. The number of amides is 3. The molecule has 1 aliphatic heterocycles. The van der Waals surface area contributed by atoms with E-state index in [-0.39, 0.29) is 25.6 Å². The van der Waals surface area contributed by atoms with Gasteiger partial charge in [0.1, 0.15) is 37.9 Å². The molecule has 1 heterocycles. The summed E-state index contributed by atoms with van der Waals surface area (Å²) in [6.45, 7) is 7.65. The number of hydrogen-bond acceptors (Lipinski definition) is 15. The van der Waals surface area contributed by atoms with Crippen molar-refractivity contribution < 1.29 is 71.5 Å². The molecular formula is C40H49N3O15. The highest BCUT2D eigenvalue weighted by Gasteiger charge is 2.52. The SMILES string of the molecule is CC(=O)OC[C@H]1O[C@@H](NC(=O)CC(=O)N(CCNC(=O)OCC2c3ccccc3-c3ccccc32)CC(=O)OC(C)(C)C)[C@H](OC(C)=O)[C@@H](OC(C)=O)[C@H]1OC(C)=O. The number of hydrogen-bond donors (Lipinski definition) is 2. The first-order valence-electron chi connectivity index (χ1n) is 18.5. The van der Waals surface area contributed by atoms with Crippen LogP contribution in [0.5, 0.6) is 0 Å². The third-order valence-electron chi connectivity index (χ3n) is 8.69. The number of carbonyl (C=O) groups is 8. The summed E-state index contributed by atoms with van der Waals surface area (Å²) < 4.78 is 37.9. The predicted molar refractivity (Wildman–Crippen MR) is 200 cm³/mol. The first kappa shape index (κ1) is 44.7. The largest absolute Gasteiger partial charge is 0.463 e. The highest BCUT2D eigenvalue weighted by molar-refractivity contribution is 5.98. The Hall–Kier alpha value is -6.04. The molecule has 2 aromatic rings. The van der Waals surface area contributed by atoms with Crippen molar-refractivity contribution in [3.05, 3.63) is 59.7 Å². The maximum Gasteiger partial charge on any atom is 0.407 e. The molecular weight excluding hydrogens is 762 g/mol. The van der Waals surface area contributed by atoms with E-state index in [2.05, 4.69) is 10.6 Å². The number of rotatable bonds is 15. The number of carbonyl (C=O) groups excluding carboxylic acids is 8. The van der Waals surface area contributed by atoms with Gasteiger partial charge in [0, 0.05) is 46.7 Å². The van der Waals surface area contributed by atoms with E-state index in [1.807, 2.05) is 48.5 Å². The quantitative estimate of drug-likeness (QED) is 0.149. The lowest BCUT2D eigenvalue weighted by Gasteiger charge is -2.44. The number of nitrogens with one attached hydrogen (secondary N) is 2. The van der Waals surface area contributed by atoms with E-state index in [9.17, 15) is 38.4 Å². The summed E-state index contributed by atoms with van der Waals surface area (Å²) in [5, 5.41) is 4.99. The first-order valence-corrected chi connectivity index (χ1v) is 18.5. The lowest BCUT2D eigenvalue weighted by Crippen LogP contribution is -2.66. The van der Waals surface area contributed by atoms with E-state index in [1.165, 1.54) is 0 Å². The summed E-state index contributed by atoms with van der Waals surface area (Å²) in [6.07, 6.45) is -9.28. The maximum absolute atomic E-state index is 13.6. The molecule has 0 radical (unpaired) electrons. The van der Waals surface area contributed by atoms with Crippen LogP contribution < -0.4 is 10.6 Å². The van der Waals surface area contributed by atoms with Crippen molar-refractivity contribution >= 4 is 47.8 Å². The van der Waals surface area contributed by atoms with E-state index in [0.29, 0.717) is 0 Å². The molecule has 0 unspecified atom stereocenters. The molecule has 1 fully saturated rings. The highest BCUT2D eigenvalue weighted by Crippen LogP contribution is 2.44. The van der Waals surface area contributed by atoms with Crippen LogP contribution in [-0.4, -0.2) is 122 Å². The van der Waals surface area contributed by atoms with Gasteiger partial charge >= 0.3 is 35.9 Å². The normalized spacial score (nSPS) is 19.6. The van der Waals surface area contributed by atoms with Gasteiger partial charge in [-0.05, 0) is 43.0 Å². The van der Waals surface area contributed by atoms with Gasteiger partial charge in [0.2, 0.25) is 11.8 Å². The zero-order valence-electron chi connectivity index (χ0n) is 33.4. The summed E-state index contributed by atoms with van der Waals surface area (Å²) in [5.41, 5.74) is 3.25. The van der Waals surface area contributed by atoms with Crippen LogP contribution in [-0.2, 0) is 66.7 Å². The second-order valence-electron chi connectivity index (χ2n) is 14.5. The van der Waals surface area contributed by atoms with Gasteiger partial charge in [0.05, 0.1) is 0 Å². The summed E-state index contributed by atoms with van der Waals surface area (Å²) in [7, 11) is 0. The maximum atomic E-state index is 13.6. The van der Waals surface area contributed by atoms with Crippen LogP contribution in [0.3, 0.4) is 0 Å². The van der Waals surface area contributed by atoms with Crippen molar-refractivity contribution in [2.45, 2.75) is 97.0 Å². The number of alkyl carbamates (subject to hydrolysis) is 1. The third kappa shape index (κ3) is 12.7. The molecule has 3 amide bonds.